The van der Waals surface area contributed by atoms with Crippen molar-refractivity contribution in [3.05, 3.63) is 0 Å². The Balaban J connectivity index is 2.78. The molecule has 0 bridgehead atoms. The van der Waals surface area contributed by atoms with Crippen molar-refractivity contribution in [2.24, 2.45) is 17.6 Å². The molecule has 0 aromatic carbocycles. The summed E-state index contributed by atoms with van der Waals surface area (Å²) < 4.78 is 0. The van der Waals surface area contributed by atoms with Crippen molar-refractivity contribution in [3.63, 3.8) is 0 Å². The predicted molar refractivity (Wildman–Crippen MR) is 91.2 cm³/mol. The second kappa shape index (κ2) is 9.01. The molecular formula is C17H31N3O4. The van der Waals surface area contributed by atoms with E-state index >= 15 is 0 Å². The fourth-order valence-corrected chi connectivity index (χ4v) is 3.06. The number of carbonyl (C=O) groups excluding carboxylic acids is 2. The summed E-state index contributed by atoms with van der Waals surface area (Å²) in [6, 6.07) is -2.19. The van der Waals surface area contributed by atoms with Crippen LogP contribution in [0.5, 0.6) is 0 Å². The van der Waals surface area contributed by atoms with Gasteiger partial charge in [0.05, 0.1) is 6.04 Å². The zero-order valence-electron chi connectivity index (χ0n) is 15.1. The molecule has 7 nitrogen and oxygen atoms in total. The van der Waals surface area contributed by atoms with E-state index in [9.17, 15) is 19.5 Å². The van der Waals surface area contributed by atoms with E-state index in [2.05, 4.69) is 5.32 Å². The maximum atomic E-state index is 12.5. The van der Waals surface area contributed by atoms with E-state index in [-0.39, 0.29) is 11.8 Å². The number of aliphatic carboxylic acids is 1. The van der Waals surface area contributed by atoms with Crippen LogP contribution in [0, 0.1) is 11.8 Å². The molecule has 4 unspecified atom stereocenters. The molecule has 1 fully saturated rings. The van der Waals surface area contributed by atoms with Gasteiger partial charge in [-0.3, -0.25) is 9.59 Å². The van der Waals surface area contributed by atoms with Gasteiger partial charge >= 0.3 is 5.97 Å². The maximum Gasteiger partial charge on any atom is 0.326 e. The minimum atomic E-state index is -1.05. The van der Waals surface area contributed by atoms with E-state index in [1.165, 1.54) is 4.90 Å². The molecule has 0 aromatic heterocycles. The topological polar surface area (TPSA) is 113 Å². The van der Waals surface area contributed by atoms with Crippen molar-refractivity contribution in [2.75, 3.05) is 6.54 Å². The van der Waals surface area contributed by atoms with Crippen LogP contribution >= 0.6 is 0 Å². The van der Waals surface area contributed by atoms with Gasteiger partial charge in [0.1, 0.15) is 12.1 Å². The summed E-state index contributed by atoms with van der Waals surface area (Å²) in [5.41, 5.74) is 5.96. The van der Waals surface area contributed by atoms with Crippen LogP contribution in [0.2, 0.25) is 0 Å². The highest BCUT2D eigenvalue weighted by atomic mass is 16.4. The zero-order chi connectivity index (χ0) is 18.4. The summed E-state index contributed by atoms with van der Waals surface area (Å²) in [7, 11) is 0. The van der Waals surface area contributed by atoms with E-state index in [1.807, 2.05) is 20.8 Å². The number of rotatable bonds is 8. The molecule has 1 aliphatic rings. The Bertz CT molecular complexity index is 467. The van der Waals surface area contributed by atoms with Crippen LogP contribution in [0.4, 0.5) is 0 Å². The molecule has 4 N–H and O–H groups in total. The highest BCUT2D eigenvalue weighted by Crippen LogP contribution is 2.20. The molecule has 1 saturated heterocycles. The van der Waals surface area contributed by atoms with Gasteiger partial charge < -0.3 is 21.1 Å². The first-order valence-corrected chi connectivity index (χ1v) is 8.78. The Morgan fingerprint density at radius 3 is 2.42 bits per heavy atom. The monoisotopic (exact) mass is 341 g/mol. The quantitative estimate of drug-likeness (QED) is 0.609. The molecule has 0 radical (unpaired) electrons. The van der Waals surface area contributed by atoms with E-state index in [4.69, 9.17) is 5.73 Å². The highest BCUT2D eigenvalue weighted by Gasteiger charge is 2.38. The normalized spacial score (nSPS) is 21.4. The lowest BCUT2D eigenvalue weighted by molar-refractivity contribution is -0.145. The first kappa shape index (κ1) is 20.4. The van der Waals surface area contributed by atoms with Crippen LogP contribution in [0.3, 0.4) is 0 Å². The molecule has 24 heavy (non-hydrogen) atoms. The zero-order valence-corrected chi connectivity index (χ0v) is 15.1. The molecule has 1 heterocycles. The van der Waals surface area contributed by atoms with Crippen LogP contribution in [0.25, 0.3) is 0 Å². The fraction of sp³-hybridized carbons (Fsp3) is 0.824. The summed E-state index contributed by atoms with van der Waals surface area (Å²) in [5.74, 6) is -1.56. The molecule has 0 aliphatic carbocycles. The second-order valence-corrected chi connectivity index (χ2v) is 7.14. The van der Waals surface area contributed by atoms with Crippen molar-refractivity contribution in [1.29, 1.82) is 0 Å². The third-order valence-electron chi connectivity index (χ3n) is 4.66. The number of carboxylic acid groups (broad SMARTS) is 1. The van der Waals surface area contributed by atoms with E-state index < -0.39 is 30.0 Å². The third kappa shape index (κ3) is 5.19. The van der Waals surface area contributed by atoms with Crippen molar-refractivity contribution in [2.45, 2.75) is 71.5 Å². The van der Waals surface area contributed by atoms with Crippen LogP contribution in [0.15, 0.2) is 0 Å². The summed E-state index contributed by atoms with van der Waals surface area (Å²) in [5, 5.41) is 11.9. The minimum absolute atomic E-state index is 0.180. The average molecular weight is 341 g/mol. The minimum Gasteiger partial charge on any atom is -0.480 e. The van der Waals surface area contributed by atoms with Gasteiger partial charge in [-0.15, -0.1) is 0 Å². The fourth-order valence-electron chi connectivity index (χ4n) is 3.06. The van der Waals surface area contributed by atoms with Gasteiger partial charge in [-0.05, 0) is 31.1 Å². The van der Waals surface area contributed by atoms with Crippen LogP contribution < -0.4 is 11.1 Å². The number of carboxylic acids is 1. The SMILES string of the molecule is CCC(C)C(NC(=O)C1CCCN1C(=O)C(N)CC(C)C)C(=O)O. The average Bonchev–Trinajstić information content (AvgIpc) is 2.99. The van der Waals surface area contributed by atoms with E-state index in [0.29, 0.717) is 31.7 Å². The third-order valence-corrected chi connectivity index (χ3v) is 4.66. The summed E-state index contributed by atoms with van der Waals surface area (Å²) in [4.78, 5) is 37.9. The number of amides is 2. The lowest BCUT2D eigenvalue weighted by Crippen LogP contribution is -2.55. The lowest BCUT2D eigenvalue weighted by atomic mass is 9.98. The van der Waals surface area contributed by atoms with E-state index in [0.717, 1.165) is 6.42 Å². The van der Waals surface area contributed by atoms with Crippen molar-refractivity contribution in [3.8, 4) is 0 Å². The molecule has 4 atom stereocenters. The Hall–Kier alpha value is -1.63. The van der Waals surface area contributed by atoms with Crippen molar-refractivity contribution < 1.29 is 19.5 Å². The highest BCUT2D eigenvalue weighted by molar-refractivity contribution is 5.92. The summed E-state index contributed by atoms with van der Waals surface area (Å²) >= 11 is 0. The molecule has 2 amide bonds. The molecule has 138 valence electrons. The van der Waals surface area contributed by atoms with Crippen LogP contribution in [-0.4, -0.2) is 52.5 Å². The predicted octanol–water partition coefficient (Wildman–Crippen LogP) is 0.966. The Morgan fingerprint density at radius 1 is 1.29 bits per heavy atom. The van der Waals surface area contributed by atoms with Gasteiger partial charge in [0, 0.05) is 6.54 Å². The number of hydrogen-bond acceptors (Lipinski definition) is 4. The lowest BCUT2D eigenvalue weighted by Gasteiger charge is -2.29. The number of likely N-dealkylation sites (tertiary alicyclic amines) is 1. The van der Waals surface area contributed by atoms with Crippen molar-refractivity contribution >= 4 is 17.8 Å². The van der Waals surface area contributed by atoms with Gasteiger partial charge in [-0.2, -0.15) is 0 Å². The maximum absolute atomic E-state index is 12.5. The molecule has 7 heteroatoms. The largest absolute Gasteiger partial charge is 0.480 e. The number of nitrogens with zero attached hydrogens (tertiary/aromatic N) is 1. The number of carbonyl (C=O) groups is 3. The van der Waals surface area contributed by atoms with E-state index in [1.54, 1.807) is 6.92 Å². The number of nitrogens with two attached hydrogens (primary N) is 1. The molecule has 0 spiro atoms. The first-order valence-electron chi connectivity index (χ1n) is 8.78. The Morgan fingerprint density at radius 2 is 1.92 bits per heavy atom. The molecule has 1 aliphatic heterocycles. The summed E-state index contributed by atoms with van der Waals surface area (Å²) in [6.45, 7) is 8.14. The molecule has 0 aromatic rings. The van der Waals surface area contributed by atoms with Crippen LogP contribution in [0.1, 0.15) is 53.4 Å². The Kier molecular flexibility index (Phi) is 7.66. The van der Waals surface area contributed by atoms with Gasteiger partial charge in [0.25, 0.3) is 0 Å². The smallest absolute Gasteiger partial charge is 0.326 e. The van der Waals surface area contributed by atoms with Crippen molar-refractivity contribution in [1.82, 2.24) is 10.2 Å². The molecule has 0 saturated carbocycles. The van der Waals surface area contributed by atoms with Gasteiger partial charge in [-0.1, -0.05) is 34.1 Å². The molecular weight excluding hydrogens is 310 g/mol. The standard InChI is InChI=1S/C17H31N3O4/c1-5-11(4)14(17(23)24)19-15(21)13-7-6-8-20(13)16(22)12(18)9-10(2)3/h10-14H,5-9,18H2,1-4H3,(H,19,21)(H,23,24). The number of nitrogens with one attached hydrogen (secondary N) is 1. The van der Waals surface area contributed by atoms with Gasteiger partial charge in [0.15, 0.2) is 0 Å². The number of hydrogen-bond donors (Lipinski definition) is 3. The van der Waals surface area contributed by atoms with Gasteiger partial charge in [-0.25, -0.2) is 4.79 Å². The first-order chi connectivity index (χ1) is 11.2. The summed E-state index contributed by atoms with van der Waals surface area (Å²) in [6.07, 6.45) is 2.47. The second-order valence-electron chi connectivity index (χ2n) is 7.14. The molecule has 1 rings (SSSR count). The van der Waals surface area contributed by atoms with Crippen LogP contribution in [-0.2, 0) is 14.4 Å². The van der Waals surface area contributed by atoms with Gasteiger partial charge in [0.2, 0.25) is 11.8 Å². The Labute approximate surface area is 144 Å².